The maximum Gasteiger partial charge on any atom is 0.325 e. The number of nitrogens with one attached hydrogen (secondary N) is 2. The summed E-state index contributed by atoms with van der Waals surface area (Å²) >= 11 is 0. The van der Waals surface area contributed by atoms with Crippen LogP contribution in [0, 0.1) is 0 Å². The van der Waals surface area contributed by atoms with E-state index in [4.69, 9.17) is 9.15 Å². The van der Waals surface area contributed by atoms with Crippen LogP contribution in [0.1, 0.15) is 31.2 Å². The standard InChI is InChI=1S/C27H25N3O5/c1-16(23-14-19-6-4-5-7-22(19)35-23)28-24(31)15-30-25(32)27(2,29-26(30)33)20-10-8-18-13-21(34-3)11-9-17(18)12-20/h4-14,16H,15H2,1-3H3,(H,28,31)(H,29,33)/t16-,27-/m0/s1. The molecule has 0 spiro atoms. The maximum atomic E-state index is 13.3. The molecule has 0 radical (unpaired) electrons. The van der Waals surface area contributed by atoms with Gasteiger partial charge in [-0.15, -0.1) is 0 Å². The number of hydrogen-bond donors (Lipinski definition) is 2. The van der Waals surface area contributed by atoms with Crippen molar-refractivity contribution in [1.29, 1.82) is 0 Å². The van der Waals surface area contributed by atoms with E-state index in [0.717, 1.165) is 32.4 Å². The second-order valence-electron chi connectivity index (χ2n) is 8.85. The summed E-state index contributed by atoms with van der Waals surface area (Å²) < 4.78 is 11.1. The summed E-state index contributed by atoms with van der Waals surface area (Å²) in [5.41, 5.74) is 0.0740. The smallest absolute Gasteiger partial charge is 0.325 e. The Morgan fingerprint density at radius 3 is 2.57 bits per heavy atom. The number of carbonyl (C=O) groups excluding carboxylic acids is 3. The van der Waals surface area contributed by atoms with Crippen LogP contribution in [0.5, 0.6) is 5.75 Å². The largest absolute Gasteiger partial charge is 0.497 e. The lowest BCUT2D eigenvalue weighted by Crippen LogP contribution is -2.43. The van der Waals surface area contributed by atoms with Gasteiger partial charge in [0.05, 0.1) is 13.2 Å². The summed E-state index contributed by atoms with van der Waals surface area (Å²) in [6, 6.07) is 19.5. The predicted molar refractivity (Wildman–Crippen MR) is 131 cm³/mol. The van der Waals surface area contributed by atoms with E-state index in [9.17, 15) is 14.4 Å². The van der Waals surface area contributed by atoms with E-state index < -0.39 is 36.0 Å². The minimum absolute atomic E-state index is 0.393. The number of urea groups is 1. The Balaban J connectivity index is 1.31. The molecule has 8 heteroatoms. The zero-order valence-electron chi connectivity index (χ0n) is 19.6. The molecule has 5 rings (SSSR count). The topological polar surface area (TPSA) is 101 Å². The highest BCUT2D eigenvalue weighted by Gasteiger charge is 2.49. The minimum atomic E-state index is -1.28. The van der Waals surface area contributed by atoms with Gasteiger partial charge in [-0.1, -0.05) is 36.4 Å². The molecule has 4 amide bonds. The van der Waals surface area contributed by atoms with Crippen LogP contribution in [-0.2, 0) is 15.1 Å². The van der Waals surface area contributed by atoms with Crippen molar-refractivity contribution in [3.05, 3.63) is 78.1 Å². The number of nitrogens with zero attached hydrogens (tertiary/aromatic N) is 1. The Kier molecular flexibility index (Phi) is 5.43. The third-order valence-corrected chi connectivity index (χ3v) is 6.45. The van der Waals surface area contributed by atoms with Crippen LogP contribution in [0.4, 0.5) is 4.79 Å². The summed E-state index contributed by atoms with van der Waals surface area (Å²) in [4.78, 5) is 39.7. The Labute approximate surface area is 201 Å². The van der Waals surface area contributed by atoms with Crippen LogP contribution in [0.15, 0.2) is 71.1 Å². The third kappa shape index (κ3) is 3.97. The van der Waals surface area contributed by atoms with Crippen molar-refractivity contribution in [3.63, 3.8) is 0 Å². The molecule has 3 aromatic carbocycles. The van der Waals surface area contributed by atoms with E-state index in [1.807, 2.05) is 60.7 Å². The average Bonchev–Trinajstić information content (AvgIpc) is 3.38. The van der Waals surface area contributed by atoms with Crippen LogP contribution in [0.3, 0.4) is 0 Å². The predicted octanol–water partition coefficient (Wildman–Crippen LogP) is 4.24. The Morgan fingerprint density at radius 2 is 1.80 bits per heavy atom. The number of imide groups is 1. The number of furan rings is 1. The number of benzene rings is 3. The van der Waals surface area contributed by atoms with Crippen LogP contribution in [0.25, 0.3) is 21.7 Å². The van der Waals surface area contributed by atoms with E-state index in [0.29, 0.717) is 11.3 Å². The first-order valence-corrected chi connectivity index (χ1v) is 11.3. The van der Waals surface area contributed by atoms with E-state index in [2.05, 4.69) is 10.6 Å². The Hall–Kier alpha value is -4.33. The van der Waals surface area contributed by atoms with Gasteiger partial charge in [0.2, 0.25) is 5.91 Å². The molecular weight excluding hydrogens is 446 g/mol. The number of hydrogen-bond acceptors (Lipinski definition) is 5. The molecule has 0 saturated carbocycles. The van der Waals surface area contributed by atoms with Gasteiger partial charge in [-0.2, -0.15) is 0 Å². The van der Waals surface area contributed by atoms with Crippen molar-refractivity contribution in [3.8, 4) is 5.75 Å². The van der Waals surface area contributed by atoms with Crippen molar-refractivity contribution in [2.45, 2.75) is 25.4 Å². The maximum absolute atomic E-state index is 13.3. The molecule has 4 aromatic rings. The number of amides is 4. The van der Waals surface area contributed by atoms with Crippen molar-refractivity contribution in [2.75, 3.05) is 13.7 Å². The van der Waals surface area contributed by atoms with Crippen molar-refractivity contribution < 1.29 is 23.5 Å². The zero-order valence-corrected chi connectivity index (χ0v) is 19.6. The molecule has 0 aliphatic carbocycles. The highest BCUT2D eigenvalue weighted by atomic mass is 16.5. The molecule has 2 atom stereocenters. The lowest BCUT2D eigenvalue weighted by atomic mass is 9.90. The minimum Gasteiger partial charge on any atom is -0.497 e. The van der Waals surface area contributed by atoms with Gasteiger partial charge in [0, 0.05) is 5.39 Å². The molecule has 0 bridgehead atoms. The number of ether oxygens (including phenoxy) is 1. The molecular formula is C27H25N3O5. The summed E-state index contributed by atoms with van der Waals surface area (Å²) in [7, 11) is 1.60. The first-order valence-electron chi connectivity index (χ1n) is 11.3. The molecule has 1 aromatic heterocycles. The number of carbonyl (C=O) groups is 3. The highest BCUT2D eigenvalue weighted by molar-refractivity contribution is 6.09. The van der Waals surface area contributed by atoms with E-state index in [1.165, 1.54) is 0 Å². The summed E-state index contributed by atoms with van der Waals surface area (Å²) in [6.45, 7) is 3.04. The summed E-state index contributed by atoms with van der Waals surface area (Å²) in [5, 5.41) is 8.35. The van der Waals surface area contributed by atoms with E-state index in [1.54, 1.807) is 27.0 Å². The van der Waals surface area contributed by atoms with Crippen molar-refractivity contribution >= 4 is 39.6 Å². The summed E-state index contributed by atoms with van der Waals surface area (Å²) in [5.74, 6) is 0.378. The van der Waals surface area contributed by atoms with Gasteiger partial charge < -0.3 is 19.8 Å². The Morgan fingerprint density at radius 1 is 1.06 bits per heavy atom. The van der Waals surface area contributed by atoms with Gasteiger partial charge in [0.1, 0.15) is 29.2 Å². The van der Waals surface area contributed by atoms with E-state index >= 15 is 0 Å². The molecule has 0 unspecified atom stereocenters. The van der Waals surface area contributed by atoms with Crippen molar-refractivity contribution in [2.24, 2.45) is 0 Å². The molecule has 1 saturated heterocycles. The van der Waals surface area contributed by atoms with Gasteiger partial charge >= 0.3 is 6.03 Å². The fourth-order valence-corrected chi connectivity index (χ4v) is 4.42. The monoisotopic (exact) mass is 471 g/mol. The molecule has 2 heterocycles. The van der Waals surface area contributed by atoms with Gasteiger partial charge in [-0.3, -0.25) is 14.5 Å². The second-order valence-corrected chi connectivity index (χ2v) is 8.85. The molecule has 1 aliphatic rings. The molecule has 178 valence electrons. The Bertz CT molecular complexity index is 1440. The number of para-hydroxylation sites is 1. The normalized spacial score (nSPS) is 18.7. The van der Waals surface area contributed by atoms with E-state index in [-0.39, 0.29) is 0 Å². The molecule has 1 aliphatic heterocycles. The van der Waals surface area contributed by atoms with Crippen LogP contribution in [-0.4, -0.2) is 36.4 Å². The molecule has 8 nitrogen and oxygen atoms in total. The average molecular weight is 472 g/mol. The zero-order chi connectivity index (χ0) is 24.7. The molecule has 35 heavy (non-hydrogen) atoms. The lowest BCUT2D eigenvalue weighted by molar-refractivity contribution is -0.135. The lowest BCUT2D eigenvalue weighted by Gasteiger charge is -2.23. The molecule has 2 N–H and O–H groups in total. The van der Waals surface area contributed by atoms with Gasteiger partial charge in [-0.25, -0.2) is 4.79 Å². The fourth-order valence-electron chi connectivity index (χ4n) is 4.42. The first-order chi connectivity index (χ1) is 16.8. The summed E-state index contributed by atoms with van der Waals surface area (Å²) in [6.07, 6.45) is 0. The quantitative estimate of drug-likeness (QED) is 0.410. The van der Waals surface area contributed by atoms with Crippen LogP contribution in [0.2, 0.25) is 0 Å². The third-order valence-electron chi connectivity index (χ3n) is 6.45. The number of rotatable bonds is 6. The molecule has 1 fully saturated rings. The number of fused-ring (bicyclic) bond motifs is 2. The van der Waals surface area contributed by atoms with Crippen LogP contribution < -0.4 is 15.4 Å². The highest BCUT2D eigenvalue weighted by Crippen LogP contribution is 2.32. The van der Waals surface area contributed by atoms with Gasteiger partial charge in [-0.05, 0) is 60.5 Å². The van der Waals surface area contributed by atoms with Crippen molar-refractivity contribution in [1.82, 2.24) is 15.5 Å². The van der Waals surface area contributed by atoms with Gasteiger partial charge in [0.25, 0.3) is 5.91 Å². The fraction of sp³-hybridized carbons (Fsp3) is 0.222. The van der Waals surface area contributed by atoms with Gasteiger partial charge in [0.15, 0.2) is 0 Å². The second kappa shape index (κ2) is 8.47. The first kappa shape index (κ1) is 22.5. The van der Waals surface area contributed by atoms with Crippen LogP contribution >= 0.6 is 0 Å². The number of methoxy groups -OCH3 is 1. The SMILES string of the molecule is COc1ccc2cc([C@]3(C)NC(=O)N(CC(=O)N[C@@H](C)c4cc5ccccc5o4)C3=O)ccc2c1.